The van der Waals surface area contributed by atoms with E-state index in [0.717, 1.165) is 19.3 Å². The Morgan fingerprint density at radius 1 is 1.00 bits per heavy atom. The first-order chi connectivity index (χ1) is 8.81. The highest BCUT2D eigenvalue weighted by atomic mass is 16.2. The molecule has 3 rings (SSSR count). The van der Waals surface area contributed by atoms with Gasteiger partial charge in [-0.1, -0.05) is 18.2 Å². The van der Waals surface area contributed by atoms with Gasteiger partial charge in [0.1, 0.15) is 0 Å². The Balaban J connectivity index is 0.000000574. The van der Waals surface area contributed by atoms with Gasteiger partial charge in [0.15, 0.2) is 0 Å². The lowest BCUT2D eigenvalue weighted by atomic mass is 10.1. The van der Waals surface area contributed by atoms with Gasteiger partial charge in [0, 0.05) is 41.1 Å². The van der Waals surface area contributed by atoms with E-state index >= 15 is 0 Å². The van der Waals surface area contributed by atoms with E-state index in [1.807, 2.05) is 6.07 Å². The Morgan fingerprint density at radius 2 is 1.67 bits per heavy atom. The quantitative estimate of drug-likeness (QED) is 0.644. The molecule has 1 aromatic heterocycles. The third-order valence-electron chi connectivity index (χ3n) is 3.11. The van der Waals surface area contributed by atoms with Crippen molar-refractivity contribution in [2.75, 3.05) is 12.8 Å². The molecule has 1 heterocycles. The fourth-order valence-electron chi connectivity index (χ4n) is 2.41. The minimum Gasteiger partial charge on any atom is -0.400 e. The fourth-order valence-corrected chi connectivity index (χ4v) is 2.41. The van der Waals surface area contributed by atoms with E-state index < -0.39 is 0 Å². The van der Waals surface area contributed by atoms with Crippen LogP contribution in [0.4, 0.5) is 5.69 Å². The summed E-state index contributed by atoms with van der Waals surface area (Å²) in [5.41, 5.74) is 9.23. The molecule has 2 aromatic carbocycles. The van der Waals surface area contributed by atoms with E-state index in [4.69, 9.17) is 10.8 Å². The molecule has 0 unspecified atom stereocenters. The Kier molecular flexibility index (Phi) is 3.53. The second-order valence-electron chi connectivity index (χ2n) is 4.04. The monoisotopic (exact) mass is 242 g/mol. The summed E-state index contributed by atoms with van der Waals surface area (Å²) < 4.78 is 2.32. The second kappa shape index (κ2) is 5.10. The summed E-state index contributed by atoms with van der Waals surface area (Å²) in [5.74, 6) is 0. The molecule has 94 valence electrons. The normalized spacial score (nSPS) is 10.4. The molecule has 0 bridgehead atoms. The Bertz CT molecular complexity index is 671. The highest BCUT2D eigenvalue weighted by Gasteiger charge is 2.08. The third kappa shape index (κ3) is 1.83. The van der Waals surface area contributed by atoms with Crippen molar-refractivity contribution < 1.29 is 5.11 Å². The maximum Gasteiger partial charge on any atom is 0.0492 e. The van der Waals surface area contributed by atoms with E-state index in [1.54, 1.807) is 0 Å². The van der Waals surface area contributed by atoms with Crippen molar-refractivity contribution in [3.05, 3.63) is 42.5 Å². The van der Waals surface area contributed by atoms with Crippen LogP contribution in [0.2, 0.25) is 0 Å². The summed E-state index contributed by atoms with van der Waals surface area (Å²) in [5, 5.41) is 9.53. The smallest absolute Gasteiger partial charge is 0.0492 e. The van der Waals surface area contributed by atoms with E-state index in [2.05, 4.69) is 47.9 Å². The lowest BCUT2D eigenvalue weighted by molar-refractivity contribution is 0.399. The number of nitrogens with zero attached hydrogens (tertiary/aromatic N) is 1. The van der Waals surface area contributed by atoms with Crippen LogP contribution in [0.25, 0.3) is 21.8 Å². The molecule has 18 heavy (non-hydrogen) atoms. The molecular formula is C15H18N2O. The molecule has 0 fully saturated rings. The zero-order valence-electron chi connectivity index (χ0n) is 10.7. The highest BCUT2D eigenvalue weighted by molar-refractivity contribution is 6.08. The minimum atomic E-state index is 0.825. The van der Waals surface area contributed by atoms with Crippen molar-refractivity contribution in [2.24, 2.45) is 0 Å². The van der Waals surface area contributed by atoms with Gasteiger partial charge in [0.2, 0.25) is 0 Å². The number of anilines is 1. The second-order valence-corrected chi connectivity index (χ2v) is 4.04. The van der Waals surface area contributed by atoms with Crippen molar-refractivity contribution in [3.8, 4) is 0 Å². The number of aliphatic hydroxyl groups is 1. The summed E-state index contributed by atoms with van der Waals surface area (Å²) in [6, 6.07) is 14.6. The standard InChI is InChI=1S/C14H14N2.CH4O/c1-2-16-13-6-4-3-5-11(13)12-9-10(15)7-8-14(12)16;1-2/h3-9H,2,15H2,1H3;2H,1H3. The molecule has 3 heteroatoms. The van der Waals surface area contributed by atoms with Crippen molar-refractivity contribution >= 4 is 27.5 Å². The van der Waals surface area contributed by atoms with Crippen LogP contribution in [0.15, 0.2) is 42.5 Å². The van der Waals surface area contributed by atoms with Crippen molar-refractivity contribution in [1.82, 2.24) is 4.57 Å². The van der Waals surface area contributed by atoms with E-state index in [9.17, 15) is 0 Å². The molecule has 0 amide bonds. The van der Waals surface area contributed by atoms with Gasteiger partial charge in [-0.3, -0.25) is 0 Å². The first-order valence-electron chi connectivity index (χ1n) is 6.02. The molecule has 0 aliphatic rings. The van der Waals surface area contributed by atoms with E-state index in [1.165, 1.54) is 21.8 Å². The predicted molar refractivity (Wildman–Crippen MR) is 77.7 cm³/mol. The molecule has 0 aliphatic carbocycles. The molecule has 3 nitrogen and oxygen atoms in total. The Hall–Kier alpha value is -2.00. The lowest BCUT2D eigenvalue weighted by Crippen LogP contribution is -1.92. The molecular weight excluding hydrogens is 224 g/mol. The van der Waals surface area contributed by atoms with Crippen LogP contribution in [-0.2, 0) is 6.54 Å². The van der Waals surface area contributed by atoms with Crippen molar-refractivity contribution in [1.29, 1.82) is 0 Å². The van der Waals surface area contributed by atoms with Gasteiger partial charge in [0.25, 0.3) is 0 Å². The topological polar surface area (TPSA) is 51.2 Å². The number of aliphatic hydroxyl groups excluding tert-OH is 1. The molecule has 0 radical (unpaired) electrons. The lowest BCUT2D eigenvalue weighted by Gasteiger charge is -2.02. The zero-order chi connectivity index (χ0) is 13.1. The Morgan fingerprint density at radius 3 is 2.39 bits per heavy atom. The van der Waals surface area contributed by atoms with Crippen LogP contribution in [0, 0.1) is 0 Å². The summed E-state index contributed by atoms with van der Waals surface area (Å²) in [6.07, 6.45) is 0. The predicted octanol–water partition coefficient (Wildman–Crippen LogP) is 3.01. The summed E-state index contributed by atoms with van der Waals surface area (Å²) in [6.45, 7) is 3.15. The molecule has 0 saturated carbocycles. The first-order valence-corrected chi connectivity index (χ1v) is 6.02. The molecule has 0 atom stereocenters. The van der Waals surface area contributed by atoms with Crippen molar-refractivity contribution in [3.63, 3.8) is 0 Å². The maximum atomic E-state index is 7.00. The van der Waals surface area contributed by atoms with E-state index in [-0.39, 0.29) is 0 Å². The molecule has 0 saturated heterocycles. The van der Waals surface area contributed by atoms with Gasteiger partial charge < -0.3 is 15.4 Å². The third-order valence-corrected chi connectivity index (χ3v) is 3.11. The number of hydrogen-bond donors (Lipinski definition) is 2. The molecule has 3 aromatic rings. The number of fused-ring (bicyclic) bond motifs is 3. The van der Waals surface area contributed by atoms with Crippen molar-refractivity contribution in [2.45, 2.75) is 13.5 Å². The fraction of sp³-hybridized carbons (Fsp3) is 0.200. The van der Waals surface area contributed by atoms with E-state index in [0.29, 0.717) is 0 Å². The number of para-hydroxylation sites is 1. The average molecular weight is 242 g/mol. The van der Waals surface area contributed by atoms with Crippen LogP contribution < -0.4 is 5.73 Å². The largest absolute Gasteiger partial charge is 0.400 e. The van der Waals surface area contributed by atoms with Crippen LogP contribution in [-0.4, -0.2) is 16.8 Å². The summed E-state index contributed by atoms with van der Waals surface area (Å²) >= 11 is 0. The van der Waals surface area contributed by atoms with Gasteiger partial charge in [-0.2, -0.15) is 0 Å². The van der Waals surface area contributed by atoms with Crippen LogP contribution in [0.1, 0.15) is 6.92 Å². The highest BCUT2D eigenvalue weighted by Crippen LogP contribution is 2.29. The number of aromatic nitrogens is 1. The maximum absolute atomic E-state index is 7.00. The number of nitrogens with two attached hydrogens (primary N) is 1. The first kappa shape index (κ1) is 12.5. The van der Waals surface area contributed by atoms with Gasteiger partial charge in [-0.05, 0) is 31.2 Å². The SMILES string of the molecule is CCn1c2ccccc2c2cc(N)ccc21.CO. The van der Waals surface area contributed by atoms with Gasteiger partial charge in [-0.25, -0.2) is 0 Å². The number of hydrogen-bond acceptors (Lipinski definition) is 2. The van der Waals surface area contributed by atoms with Gasteiger partial charge in [-0.15, -0.1) is 0 Å². The zero-order valence-corrected chi connectivity index (χ0v) is 10.7. The average Bonchev–Trinajstić information content (AvgIpc) is 2.74. The molecule has 0 spiro atoms. The van der Waals surface area contributed by atoms with Crippen LogP contribution in [0.5, 0.6) is 0 Å². The molecule has 3 N–H and O–H groups in total. The van der Waals surface area contributed by atoms with Gasteiger partial charge >= 0.3 is 0 Å². The number of benzene rings is 2. The summed E-state index contributed by atoms with van der Waals surface area (Å²) in [4.78, 5) is 0. The van der Waals surface area contributed by atoms with Gasteiger partial charge in [0.05, 0.1) is 0 Å². The Labute approximate surface area is 106 Å². The minimum absolute atomic E-state index is 0.825. The number of nitrogen functional groups attached to an aromatic ring is 1. The number of aryl methyl sites for hydroxylation is 1. The van der Waals surface area contributed by atoms with Crippen LogP contribution >= 0.6 is 0 Å². The van der Waals surface area contributed by atoms with Crippen LogP contribution in [0.3, 0.4) is 0 Å². The number of rotatable bonds is 1. The molecule has 0 aliphatic heterocycles. The summed E-state index contributed by atoms with van der Waals surface area (Å²) in [7, 11) is 1.00.